The topological polar surface area (TPSA) is 42.0 Å². The van der Waals surface area contributed by atoms with E-state index in [0.29, 0.717) is 50.7 Å². The second-order valence-corrected chi connectivity index (χ2v) is 6.48. The molecule has 5 nitrogen and oxygen atoms in total. The number of carbonyl (C=O) groups excluding carboxylic acids is 1. The molecule has 0 bridgehead atoms. The molecule has 1 saturated heterocycles. The summed E-state index contributed by atoms with van der Waals surface area (Å²) in [7, 11) is 0. The molecular weight excluding hydrogens is 335 g/mol. The van der Waals surface area contributed by atoms with Crippen molar-refractivity contribution in [3.8, 4) is 5.75 Å². The molecule has 0 saturated carbocycles. The maximum absolute atomic E-state index is 14.1. The van der Waals surface area contributed by atoms with E-state index in [9.17, 15) is 9.18 Å². The van der Waals surface area contributed by atoms with Gasteiger partial charge in [-0.1, -0.05) is 30.3 Å². The second-order valence-electron chi connectivity index (χ2n) is 6.48. The number of fused-ring (bicyclic) bond motifs is 1. The summed E-state index contributed by atoms with van der Waals surface area (Å²) < 4.78 is 25.4. The lowest BCUT2D eigenvalue weighted by Crippen LogP contribution is -2.52. The summed E-state index contributed by atoms with van der Waals surface area (Å²) in [4.78, 5) is 16.7. The maximum Gasteiger partial charge on any atom is 0.265 e. The number of para-hydroxylation sites is 2. The summed E-state index contributed by atoms with van der Waals surface area (Å²) in [6.07, 6.45) is -0.602. The summed E-state index contributed by atoms with van der Waals surface area (Å²) >= 11 is 0. The maximum atomic E-state index is 14.1. The molecule has 0 aliphatic carbocycles. The molecule has 1 fully saturated rings. The van der Waals surface area contributed by atoms with E-state index in [-0.39, 0.29) is 11.7 Å². The lowest BCUT2D eigenvalue weighted by Gasteiger charge is -2.38. The highest BCUT2D eigenvalue weighted by molar-refractivity contribution is 5.83. The van der Waals surface area contributed by atoms with Crippen molar-refractivity contribution in [2.45, 2.75) is 12.6 Å². The predicted octanol–water partition coefficient (Wildman–Crippen LogP) is 2.45. The first-order valence-corrected chi connectivity index (χ1v) is 8.83. The van der Waals surface area contributed by atoms with E-state index in [2.05, 4.69) is 0 Å². The van der Waals surface area contributed by atoms with E-state index in [0.717, 1.165) is 5.69 Å². The summed E-state index contributed by atoms with van der Waals surface area (Å²) in [6, 6.07) is 14.3. The van der Waals surface area contributed by atoms with Crippen molar-refractivity contribution in [3.05, 3.63) is 59.9 Å². The van der Waals surface area contributed by atoms with Gasteiger partial charge in [-0.3, -0.25) is 4.79 Å². The lowest BCUT2D eigenvalue weighted by atomic mass is 10.1. The minimum atomic E-state index is -0.602. The van der Waals surface area contributed by atoms with Gasteiger partial charge in [0, 0.05) is 25.2 Å². The van der Waals surface area contributed by atoms with Gasteiger partial charge < -0.3 is 19.3 Å². The van der Waals surface area contributed by atoms with Crippen LogP contribution in [0.1, 0.15) is 5.56 Å². The van der Waals surface area contributed by atoms with Crippen LogP contribution in [0.15, 0.2) is 48.5 Å². The average molecular weight is 356 g/mol. The van der Waals surface area contributed by atoms with Crippen LogP contribution >= 0.6 is 0 Å². The molecule has 0 aromatic heterocycles. The number of halogens is 1. The second kappa shape index (κ2) is 7.33. The zero-order valence-electron chi connectivity index (χ0n) is 14.4. The summed E-state index contributed by atoms with van der Waals surface area (Å²) in [5.41, 5.74) is 1.48. The van der Waals surface area contributed by atoms with Crippen molar-refractivity contribution >= 4 is 11.6 Å². The summed E-state index contributed by atoms with van der Waals surface area (Å²) in [6.45, 7) is 3.03. The molecule has 136 valence electrons. The van der Waals surface area contributed by atoms with Crippen molar-refractivity contribution in [3.63, 3.8) is 0 Å². The highest BCUT2D eigenvalue weighted by Crippen LogP contribution is 2.34. The first kappa shape index (κ1) is 16.8. The number of rotatable bonds is 3. The van der Waals surface area contributed by atoms with Crippen molar-refractivity contribution in [1.29, 1.82) is 0 Å². The first-order valence-electron chi connectivity index (χ1n) is 8.83. The molecule has 4 rings (SSSR count). The number of nitrogens with zero attached hydrogens (tertiary/aromatic N) is 2. The Morgan fingerprint density at radius 1 is 1.08 bits per heavy atom. The van der Waals surface area contributed by atoms with E-state index >= 15 is 0 Å². The van der Waals surface area contributed by atoms with Crippen LogP contribution in [0.5, 0.6) is 5.75 Å². The zero-order valence-corrected chi connectivity index (χ0v) is 14.4. The SMILES string of the molecule is O=C([C@H]1CN(Cc2ccccc2F)c2ccccc2O1)N1CCOCC1. The Morgan fingerprint density at radius 3 is 2.62 bits per heavy atom. The Hall–Kier alpha value is -2.60. The molecule has 2 aromatic rings. The molecule has 26 heavy (non-hydrogen) atoms. The van der Waals surface area contributed by atoms with Gasteiger partial charge in [0.1, 0.15) is 11.6 Å². The Bertz CT molecular complexity index is 792. The van der Waals surface area contributed by atoms with Crippen LogP contribution in [0, 0.1) is 5.82 Å². The molecule has 1 atom stereocenters. The van der Waals surface area contributed by atoms with Crippen LogP contribution in [0.3, 0.4) is 0 Å². The Kier molecular flexibility index (Phi) is 4.75. The normalized spacial score (nSPS) is 19.7. The summed E-state index contributed by atoms with van der Waals surface area (Å²) in [5, 5.41) is 0. The van der Waals surface area contributed by atoms with Crippen LogP contribution in [-0.4, -0.2) is 49.8 Å². The van der Waals surface area contributed by atoms with E-state index in [1.165, 1.54) is 6.07 Å². The van der Waals surface area contributed by atoms with Gasteiger partial charge in [-0.15, -0.1) is 0 Å². The Morgan fingerprint density at radius 2 is 1.81 bits per heavy atom. The zero-order chi connectivity index (χ0) is 17.9. The smallest absolute Gasteiger partial charge is 0.265 e. The number of amides is 1. The molecule has 0 spiro atoms. The van der Waals surface area contributed by atoms with Crippen LogP contribution in [0.4, 0.5) is 10.1 Å². The molecule has 0 N–H and O–H groups in total. The molecule has 1 amide bonds. The minimum absolute atomic E-state index is 0.0404. The number of morpholine rings is 1. The van der Waals surface area contributed by atoms with Gasteiger partial charge in [0.2, 0.25) is 0 Å². The number of carbonyl (C=O) groups is 1. The van der Waals surface area contributed by atoms with Gasteiger partial charge in [0.25, 0.3) is 5.91 Å². The van der Waals surface area contributed by atoms with Crippen LogP contribution in [-0.2, 0) is 16.1 Å². The third-order valence-electron chi connectivity index (χ3n) is 4.78. The number of hydrogen-bond acceptors (Lipinski definition) is 4. The van der Waals surface area contributed by atoms with Gasteiger partial charge >= 0.3 is 0 Å². The summed E-state index contributed by atoms with van der Waals surface area (Å²) in [5.74, 6) is 0.371. The molecule has 2 aliphatic heterocycles. The Labute approximate surface area is 151 Å². The third-order valence-corrected chi connectivity index (χ3v) is 4.78. The van der Waals surface area contributed by atoms with E-state index in [4.69, 9.17) is 9.47 Å². The van der Waals surface area contributed by atoms with E-state index < -0.39 is 6.10 Å². The molecular formula is C20H21FN2O3. The van der Waals surface area contributed by atoms with Crippen LogP contribution in [0.25, 0.3) is 0 Å². The van der Waals surface area contributed by atoms with Crippen molar-refractivity contribution in [2.75, 3.05) is 37.7 Å². The quantitative estimate of drug-likeness (QED) is 0.847. The van der Waals surface area contributed by atoms with Gasteiger partial charge in [-0.25, -0.2) is 4.39 Å². The fourth-order valence-corrected chi connectivity index (χ4v) is 3.40. The fraction of sp³-hybridized carbons (Fsp3) is 0.350. The van der Waals surface area contributed by atoms with Gasteiger partial charge in [-0.05, 0) is 18.2 Å². The van der Waals surface area contributed by atoms with Crippen LogP contribution in [0.2, 0.25) is 0 Å². The van der Waals surface area contributed by atoms with E-state index in [1.807, 2.05) is 35.2 Å². The number of hydrogen-bond donors (Lipinski definition) is 0. The largest absolute Gasteiger partial charge is 0.477 e. The standard InChI is InChI=1S/C20H21FN2O3/c21-16-6-2-1-5-15(16)13-23-14-19(20(24)22-9-11-25-12-10-22)26-18-8-4-3-7-17(18)23/h1-8,19H,9-14H2/t19-/m1/s1. The number of anilines is 1. The monoisotopic (exact) mass is 356 g/mol. The molecule has 0 unspecified atom stereocenters. The van der Waals surface area contributed by atoms with Crippen molar-refractivity contribution in [2.24, 2.45) is 0 Å². The molecule has 6 heteroatoms. The average Bonchev–Trinajstić information content (AvgIpc) is 2.69. The van der Waals surface area contributed by atoms with Gasteiger partial charge in [0.15, 0.2) is 6.10 Å². The first-order chi connectivity index (χ1) is 12.7. The van der Waals surface area contributed by atoms with Crippen LogP contribution < -0.4 is 9.64 Å². The number of benzene rings is 2. The lowest BCUT2D eigenvalue weighted by molar-refractivity contribution is -0.142. The minimum Gasteiger partial charge on any atom is -0.477 e. The van der Waals surface area contributed by atoms with Crippen molar-refractivity contribution < 1.29 is 18.7 Å². The highest BCUT2D eigenvalue weighted by atomic mass is 19.1. The van der Waals surface area contributed by atoms with Gasteiger partial charge in [-0.2, -0.15) is 0 Å². The molecule has 2 heterocycles. The highest BCUT2D eigenvalue weighted by Gasteiger charge is 2.34. The molecule has 2 aromatic carbocycles. The van der Waals surface area contributed by atoms with Crippen molar-refractivity contribution in [1.82, 2.24) is 4.90 Å². The predicted molar refractivity (Wildman–Crippen MR) is 95.7 cm³/mol. The van der Waals surface area contributed by atoms with Gasteiger partial charge in [0.05, 0.1) is 25.4 Å². The third kappa shape index (κ3) is 3.37. The fourth-order valence-electron chi connectivity index (χ4n) is 3.40. The molecule has 2 aliphatic rings. The number of ether oxygens (including phenoxy) is 2. The molecule has 0 radical (unpaired) electrons. The van der Waals surface area contributed by atoms with E-state index in [1.54, 1.807) is 17.0 Å². The Balaban J connectivity index is 1.58.